The molecular formula is C16H20N2O4. The normalized spacial score (nSPS) is 22.0. The standard InChI is InChI=1S/C16H20N2O4/c19-15(18-9-3-6-13(18)16(20)21)11-7-8-14(17-10-11)22-12-4-1-2-5-12/h7-8,10,12-13H,1-6,9H2,(H,20,21). The molecule has 1 atom stereocenters. The van der Waals surface area contributed by atoms with Gasteiger partial charge in [0.05, 0.1) is 5.56 Å². The van der Waals surface area contributed by atoms with Crippen molar-refractivity contribution < 1.29 is 19.4 Å². The Bertz CT molecular complexity index is 552. The van der Waals surface area contributed by atoms with Crippen molar-refractivity contribution in [3.63, 3.8) is 0 Å². The van der Waals surface area contributed by atoms with Gasteiger partial charge in [0, 0.05) is 18.8 Å². The SMILES string of the molecule is O=C(O)C1CCCN1C(=O)c1ccc(OC2CCCC2)nc1. The molecule has 1 saturated heterocycles. The van der Waals surface area contributed by atoms with E-state index in [0.717, 1.165) is 19.3 Å². The topological polar surface area (TPSA) is 79.7 Å². The Labute approximate surface area is 129 Å². The Morgan fingerprint density at radius 2 is 1.95 bits per heavy atom. The molecule has 6 heteroatoms. The van der Waals surface area contributed by atoms with E-state index in [1.807, 2.05) is 0 Å². The fraction of sp³-hybridized carbons (Fsp3) is 0.562. The Kier molecular flexibility index (Phi) is 4.27. The zero-order valence-electron chi connectivity index (χ0n) is 12.4. The van der Waals surface area contributed by atoms with Gasteiger partial charge in [0.15, 0.2) is 0 Å². The zero-order valence-corrected chi connectivity index (χ0v) is 12.4. The van der Waals surface area contributed by atoms with Crippen molar-refractivity contribution in [2.45, 2.75) is 50.7 Å². The number of carboxylic acid groups (broad SMARTS) is 1. The Balaban J connectivity index is 1.66. The van der Waals surface area contributed by atoms with Crippen molar-refractivity contribution in [2.24, 2.45) is 0 Å². The number of likely N-dealkylation sites (tertiary alicyclic amines) is 1. The Morgan fingerprint density at radius 1 is 1.18 bits per heavy atom. The lowest BCUT2D eigenvalue weighted by Gasteiger charge is -2.21. The molecule has 0 bridgehead atoms. The lowest BCUT2D eigenvalue weighted by Crippen LogP contribution is -2.40. The molecule has 118 valence electrons. The number of carboxylic acids is 1. The van der Waals surface area contributed by atoms with E-state index >= 15 is 0 Å². The first-order valence-electron chi connectivity index (χ1n) is 7.81. The number of carbonyl (C=O) groups is 2. The minimum Gasteiger partial charge on any atom is -0.480 e. The second kappa shape index (κ2) is 6.34. The fourth-order valence-electron chi connectivity index (χ4n) is 3.19. The molecule has 2 fully saturated rings. The molecule has 1 unspecified atom stereocenters. The molecule has 2 heterocycles. The average Bonchev–Trinajstić information content (AvgIpc) is 3.18. The van der Waals surface area contributed by atoms with Crippen LogP contribution in [0, 0.1) is 0 Å². The number of rotatable bonds is 4. The summed E-state index contributed by atoms with van der Waals surface area (Å²) in [6.45, 7) is 0.482. The third kappa shape index (κ3) is 3.05. The van der Waals surface area contributed by atoms with Gasteiger partial charge in [-0.2, -0.15) is 0 Å². The third-order valence-corrected chi connectivity index (χ3v) is 4.37. The van der Waals surface area contributed by atoms with Gasteiger partial charge in [0.1, 0.15) is 12.1 Å². The molecule has 1 aromatic heterocycles. The summed E-state index contributed by atoms with van der Waals surface area (Å²) < 4.78 is 5.76. The summed E-state index contributed by atoms with van der Waals surface area (Å²) in [6.07, 6.45) is 7.41. The van der Waals surface area contributed by atoms with Crippen molar-refractivity contribution in [3.8, 4) is 5.88 Å². The van der Waals surface area contributed by atoms with Gasteiger partial charge < -0.3 is 14.7 Å². The maximum Gasteiger partial charge on any atom is 0.326 e. The van der Waals surface area contributed by atoms with Crippen LogP contribution < -0.4 is 4.74 Å². The fourth-order valence-corrected chi connectivity index (χ4v) is 3.19. The summed E-state index contributed by atoms with van der Waals surface area (Å²) in [5.74, 6) is -0.690. The molecule has 1 saturated carbocycles. The Hall–Kier alpha value is -2.11. The van der Waals surface area contributed by atoms with Gasteiger partial charge in [-0.25, -0.2) is 9.78 Å². The van der Waals surface area contributed by atoms with E-state index < -0.39 is 12.0 Å². The van der Waals surface area contributed by atoms with Gasteiger partial charge in [0.2, 0.25) is 5.88 Å². The van der Waals surface area contributed by atoms with Crippen molar-refractivity contribution in [3.05, 3.63) is 23.9 Å². The molecule has 22 heavy (non-hydrogen) atoms. The number of ether oxygens (including phenoxy) is 1. The highest BCUT2D eigenvalue weighted by Gasteiger charge is 2.34. The molecule has 6 nitrogen and oxygen atoms in total. The molecule has 2 aliphatic rings. The number of hydrogen-bond donors (Lipinski definition) is 1. The van der Waals surface area contributed by atoms with Gasteiger partial charge >= 0.3 is 5.97 Å². The van der Waals surface area contributed by atoms with Gasteiger partial charge in [-0.15, -0.1) is 0 Å². The molecule has 1 amide bonds. The van der Waals surface area contributed by atoms with Gasteiger partial charge in [-0.3, -0.25) is 4.79 Å². The summed E-state index contributed by atoms with van der Waals surface area (Å²) in [5, 5.41) is 9.15. The summed E-state index contributed by atoms with van der Waals surface area (Å²) in [6, 6.07) is 2.63. The van der Waals surface area contributed by atoms with Crippen LogP contribution >= 0.6 is 0 Å². The Morgan fingerprint density at radius 3 is 2.59 bits per heavy atom. The van der Waals surface area contributed by atoms with E-state index in [9.17, 15) is 9.59 Å². The van der Waals surface area contributed by atoms with Gasteiger partial charge in [-0.1, -0.05) is 0 Å². The van der Waals surface area contributed by atoms with E-state index in [1.165, 1.54) is 23.9 Å². The minimum absolute atomic E-state index is 0.226. The molecule has 1 aromatic rings. The molecule has 1 aliphatic heterocycles. The third-order valence-electron chi connectivity index (χ3n) is 4.37. The van der Waals surface area contributed by atoms with Crippen LogP contribution in [-0.4, -0.2) is 45.6 Å². The predicted molar refractivity (Wildman–Crippen MR) is 78.8 cm³/mol. The van der Waals surface area contributed by atoms with E-state index in [1.54, 1.807) is 12.1 Å². The number of aliphatic carboxylic acids is 1. The number of hydrogen-bond acceptors (Lipinski definition) is 4. The quantitative estimate of drug-likeness (QED) is 0.921. The van der Waals surface area contributed by atoms with Crippen LogP contribution in [0.4, 0.5) is 0 Å². The van der Waals surface area contributed by atoms with Crippen molar-refractivity contribution >= 4 is 11.9 Å². The van der Waals surface area contributed by atoms with Crippen LogP contribution in [0.3, 0.4) is 0 Å². The summed E-state index contributed by atoms with van der Waals surface area (Å²) in [7, 11) is 0. The molecule has 0 aromatic carbocycles. The monoisotopic (exact) mass is 304 g/mol. The first kappa shape index (κ1) is 14.8. The minimum atomic E-state index is -0.944. The zero-order chi connectivity index (χ0) is 15.5. The molecule has 0 radical (unpaired) electrons. The molecule has 0 spiro atoms. The van der Waals surface area contributed by atoms with Crippen LogP contribution in [-0.2, 0) is 4.79 Å². The highest BCUT2D eigenvalue weighted by Crippen LogP contribution is 2.24. The van der Waals surface area contributed by atoms with Crippen molar-refractivity contribution in [1.29, 1.82) is 0 Å². The van der Waals surface area contributed by atoms with E-state index in [4.69, 9.17) is 9.84 Å². The highest BCUT2D eigenvalue weighted by molar-refractivity contribution is 5.96. The predicted octanol–water partition coefficient (Wildman–Crippen LogP) is 2.09. The maximum atomic E-state index is 12.4. The number of pyridine rings is 1. The molecule has 1 N–H and O–H groups in total. The van der Waals surface area contributed by atoms with Crippen LogP contribution in [0.25, 0.3) is 0 Å². The van der Waals surface area contributed by atoms with Gasteiger partial charge in [0.25, 0.3) is 5.91 Å². The second-order valence-corrected chi connectivity index (χ2v) is 5.90. The largest absolute Gasteiger partial charge is 0.480 e. The van der Waals surface area contributed by atoms with E-state index in [0.29, 0.717) is 24.4 Å². The molecule has 3 rings (SSSR count). The summed E-state index contributed by atoms with van der Waals surface area (Å²) >= 11 is 0. The first-order valence-corrected chi connectivity index (χ1v) is 7.81. The number of aromatic nitrogens is 1. The van der Waals surface area contributed by atoms with Gasteiger partial charge in [-0.05, 0) is 44.6 Å². The first-order chi connectivity index (χ1) is 10.6. The highest BCUT2D eigenvalue weighted by atomic mass is 16.5. The van der Waals surface area contributed by atoms with Crippen molar-refractivity contribution in [2.75, 3.05) is 6.54 Å². The van der Waals surface area contributed by atoms with Crippen molar-refractivity contribution in [1.82, 2.24) is 9.88 Å². The summed E-state index contributed by atoms with van der Waals surface area (Å²) in [4.78, 5) is 29.2. The van der Waals surface area contributed by atoms with Crippen LogP contribution in [0.5, 0.6) is 5.88 Å². The maximum absolute atomic E-state index is 12.4. The number of nitrogens with zero attached hydrogens (tertiary/aromatic N) is 2. The summed E-state index contributed by atoms with van der Waals surface area (Å²) in [5.41, 5.74) is 0.409. The number of carbonyl (C=O) groups excluding carboxylic acids is 1. The van der Waals surface area contributed by atoms with E-state index in [2.05, 4.69) is 4.98 Å². The smallest absolute Gasteiger partial charge is 0.326 e. The van der Waals surface area contributed by atoms with Crippen LogP contribution in [0.2, 0.25) is 0 Å². The molecule has 1 aliphatic carbocycles. The average molecular weight is 304 g/mol. The second-order valence-electron chi connectivity index (χ2n) is 5.90. The number of amides is 1. The molecular weight excluding hydrogens is 284 g/mol. The van der Waals surface area contributed by atoms with Crippen LogP contribution in [0.15, 0.2) is 18.3 Å². The lowest BCUT2D eigenvalue weighted by molar-refractivity contribution is -0.141. The lowest BCUT2D eigenvalue weighted by atomic mass is 10.2. The van der Waals surface area contributed by atoms with E-state index in [-0.39, 0.29) is 12.0 Å². The van der Waals surface area contributed by atoms with Crippen LogP contribution in [0.1, 0.15) is 48.9 Å².